The monoisotopic (exact) mass is 2040 g/mol. The van der Waals surface area contributed by atoms with Crippen molar-refractivity contribution >= 4 is 161 Å². The molecule has 0 amide bonds. The van der Waals surface area contributed by atoms with E-state index in [1.54, 1.807) is 97.1 Å². The number of ether oxygens (including phenoxy) is 1. The third-order valence-electron chi connectivity index (χ3n) is 18.9. The number of hydrogen-bond donors (Lipinski definition) is 2. The molecule has 0 aromatic heterocycles. The minimum atomic E-state index is -0.0920. The SMILES string of the molecule is C1CCOC1.C=C(c1ccc(CN(C)C)cc1)c1ccc(CN(C)C)cc1.Cc1ccc(C(=O)c2ccc(C)cc2)cc1.ClSCl.NCc1ccc(C(=O)c2ccc(CN)cc2)cc1.O=C(c1ccc(CBr)cc1)c1ccc(CBr)cc1.O=C(c1ccc(CN=C=S)cc1)c1ccc(CN=C=S)cc1.S=C=S.[N-]=[N+]=NCc1ccc(C(=O)c2ccc(CN=[N+]=[N-])cc2)cc1.[N-]=[N+]=[N-].[Na+]. The number of hydrogen-bond acceptors (Lipinski definition) is 19. The van der Waals surface area contributed by atoms with E-state index in [1.807, 2.05) is 164 Å². The molecule has 1 saturated heterocycles. The summed E-state index contributed by atoms with van der Waals surface area (Å²) in [5.74, 6) is 0.0554. The predicted octanol–water partition coefficient (Wildman–Crippen LogP) is 24.3. The van der Waals surface area contributed by atoms with Crippen LogP contribution in [0.25, 0.3) is 42.4 Å². The van der Waals surface area contributed by atoms with Gasteiger partial charge in [-0.1, -0.05) is 351 Å². The second-order valence-electron chi connectivity index (χ2n) is 29.1. The first-order chi connectivity index (χ1) is 63.8. The number of aryl methyl sites for hydroxylation is 2. The molecule has 31 heteroatoms. The second kappa shape index (κ2) is 69.1. The fourth-order valence-electron chi connectivity index (χ4n) is 11.9. The minimum Gasteiger partial charge on any atom is -0.381 e. The molecule has 0 unspecified atom stereocenters. The smallest absolute Gasteiger partial charge is 0.381 e. The summed E-state index contributed by atoms with van der Waals surface area (Å²) in [6.07, 6.45) is 2.56. The van der Waals surface area contributed by atoms with Gasteiger partial charge >= 0.3 is 29.6 Å². The number of benzene rings is 12. The molecule has 0 atom stereocenters. The topological polar surface area (TPSA) is 334 Å². The van der Waals surface area contributed by atoms with Crippen LogP contribution in [0.15, 0.2) is 318 Å². The molecule has 0 radical (unpaired) electrons. The van der Waals surface area contributed by atoms with Crippen molar-refractivity contribution in [3.63, 3.8) is 0 Å². The molecule has 133 heavy (non-hydrogen) atoms. The van der Waals surface area contributed by atoms with E-state index in [-0.39, 0.29) is 71.6 Å². The van der Waals surface area contributed by atoms with Gasteiger partial charge in [0.15, 0.2) is 28.9 Å². The molecule has 12 aromatic carbocycles. The molecule has 12 aromatic rings. The molecule has 21 nitrogen and oxygen atoms in total. The van der Waals surface area contributed by atoms with Crippen LogP contribution in [-0.4, -0.2) is 94.8 Å². The number of nitrogens with two attached hydrogens (primary N) is 2. The molecule has 4 N–H and O–H groups in total. The zero-order valence-corrected chi connectivity index (χ0v) is 85.6. The third kappa shape index (κ3) is 45.6. The maximum absolute atomic E-state index is 12.4. The van der Waals surface area contributed by atoms with Crippen LogP contribution in [0.3, 0.4) is 0 Å². The van der Waals surface area contributed by atoms with Crippen molar-refractivity contribution in [3.05, 3.63) is 468 Å². The number of halogens is 4. The van der Waals surface area contributed by atoms with Gasteiger partial charge < -0.3 is 37.1 Å². The van der Waals surface area contributed by atoms with Gasteiger partial charge in [-0.25, -0.2) is 9.98 Å². The quantitative estimate of drug-likeness (QED) is 0.00672. The standard InChI is InChI=1S/C20H26N2.C17H12N2OS2.C15H12Br2O.C15H12N6O.C15H16N2O.C15H14O.C4H8O.CS2.Cl2S.N3.Na/c1-16(19-10-6-17(7-11-19)14-21(2)3)20-12-8-18(9-13-20)15-22(4)5;20-17(15-5-1-13(2-6-15)9-18-11-21)16-7-3-14(4-8-16)10-19-12-22;16-9-11-1-5-13(6-2-11)15(18)14-7-3-12(10-17)4-8-14;16-20-18-9-11-1-5-13(6-2-11)15(22)14-7-3-12(4-8-14)10-19-21-17;16-9-11-1-5-13(6-2-11)15(18)14-7-3-12(10-17)4-8-14;1-11-3-7-13(8-4-11)15(16)14-9-5-12(2)6-10-14;1-2-4-5-3-1;2-1-3;2*1-3-2;/h6-13H,1,14-15H2,2-5H3;1-8H,9-10H2;1-8H,9-10H2;1-8H,9-10H2;1-8H,9-10,16-17H2;3-10H,1-2H3;1-4H2;;;;/q;;;;;;;;;-1;+1. The number of aliphatic imine (C=N–C) groups is 2. The van der Waals surface area contributed by atoms with Crippen molar-refractivity contribution in [2.75, 3.05) is 41.4 Å². The third-order valence-corrected chi connectivity index (χ3v) is 20.4. The van der Waals surface area contributed by atoms with E-state index in [0.29, 0.717) is 69.7 Å². The van der Waals surface area contributed by atoms with Gasteiger partial charge in [0, 0.05) is 120 Å². The van der Waals surface area contributed by atoms with Gasteiger partial charge in [0.2, 0.25) is 0 Å². The van der Waals surface area contributed by atoms with Crippen LogP contribution in [0.4, 0.5) is 0 Å². The van der Waals surface area contributed by atoms with Crippen LogP contribution in [0.2, 0.25) is 0 Å². The number of ketones is 5. The van der Waals surface area contributed by atoms with Gasteiger partial charge in [-0.05, 0) is 209 Å². The number of thiocarbonyl (C=S) groups is 4. The van der Waals surface area contributed by atoms with Crippen molar-refractivity contribution in [3.8, 4) is 0 Å². The molecule has 1 heterocycles. The number of carbonyl (C=O) groups excluding carboxylic acids is 5. The van der Waals surface area contributed by atoms with Gasteiger partial charge in [-0.15, -0.1) is 0 Å². The molecule has 678 valence electrons. The first-order valence-electron chi connectivity index (χ1n) is 40.7. The van der Waals surface area contributed by atoms with Crippen LogP contribution in [0.5, 0.6) is 0 Å². The second-order valence-corrected chi connectivity index (χ2v) is 32.8. The molecule has 13 rings (SSSR count). The molecule has 1 fully saturated rings. The summed E-state index contributed by atoms with van der Waals surface area (Å²) in [5, 5.41) is 13.2. The molecule has 0 aliphatic carbocycles. The van der Waals surface area contributed by atoms with Gasteiger partial charge in [-0.2, -0.15) is 0 Å². The number of nitrogens with zero attached hydrogens (tertiary/aromatic N) is 13. The van der Waals surface area contributed by atoms with Gasteiger partial charge in [-0.3, -0.25) is 28.9 Å². The maximum Gasteiger partial charge on any atom is 1.00 e. The zero-order chi connectivity index (χ0) is 96.8. The molecule has 0 saturated carbocycles. The Bertz CT molecular complexity index is 5260. The Morgan fingerprint density at radius 1 is 0.376 bits per heavy atom. The van der Waals surface area contributed by atoms with E-state index in [1.165, 1.54) is 62.3 Å². The summed E-state index contributed by atoms with van der Waals surface area (Å²) >= 11 is 23.8. The Kier molecular flexibility index (Phi) is 60.4. The summed E-state index contributed by atoms with van der Waals surface area (Å²) in [4.78, 5) is 80.2. The number of alkyl halides is 2. The largest absolute Gasteiger partial charge is 1.00 e. The summed E-state index contributed by atoms with van der Waals surface area (Å²) in [7, 11) is 18.4. The van der Waals surface area contributed by atoms with E-state index in [0.717, 1.165) is 98.2 Å². The van der Waals surface area contributed by atoms with E-state index >= 15 is 0 Å². The molecule has 1 aliphatic heterocycles. The average molecular weight is 2050 g/mol. The summed E-state index contributed by atoms with van der Waals surface area (Å²) in [5.41, 5.74) is 64.3. The van der Waals surface area contributed by atoms with Crippen LogP contribution >= 0.6 is 112 Å². The van der Waals surface area contributed by atoms with Gasteiger partial charge in [0.25, 0.3) is 0 Å². The molecular weight excluding hydrogens is 1950 g/mol. The van der Waals surface area contributed by atoms with Crippen molar-refractivity contribution in [1.29, 1.82) is 0 Å². The van der Waals surface area contributed by atoms with Crippen molar-refractivity contribution in [1.82, 2.24) is 9.80 Å². The van der Waals surface area contributed by atoms with Gasteiger partial charge in [0.1, 0.15) is 0 Å². The summed E-state index contributed by atoms with van der Waals surface area (Å²) in [6, 6.07) is 91.3. The Morgan fingerprint density at radius 2 is 0.564 bits per heavy atom. The molecule has 0 bridgehead atoms. The number of carbonyl (C=O) groups is 5. The summed E-state index contributed by atoms with van der Waals surface area (Å²) in [6.45, 7) is 14.7. The average Bonchev–Trinajstić information content (AvgIpc) is 2.18. The van der Waals surface area contributed by atoms with Crippen molar-refractivity contribution in [2.24, 2.45) is 31.7 Å². The molecule has 1 aliphatic rings. The fraction of sp³-hybridized carbons (Fsp3) is 0.196. The van der Waals surface area contributed by atoms with Crippen LogP contribution in [0.1, 0.15) is 170 Å². The van der Waals surface area contributed by atoms with E-state index in [9.17, 15) is 24.0 Å². The van der Waals surface area contributed by atoms with Crippen LogP contribution in [0, 0.1) is 13.8 Å². The maximum atomic E-state index is 12.4. The first kappa shape index (κ1) is 116. The van der Waals surface area contributed by atoms with Crippen LogP contribution in [-0.2, 0) is 67.8 Å². The van der Waals surface area contributed by atoms with E-state index < -0.39 is 0 Å². The number of rotatable bonds is 28. The summed E-state index contributed by atoms with van der Waals surface area (Å²) < 4.78 is 6.86. The van der Waals surface area contributed by atoms with Crippen molar-refractivity contribution < 1.29 is 58.3 Å². The predicted molar refractivity (Wildman–Crippen MR) is 561 cm³/mol. The minimum absolute atomic E-state index is 0. The Balaban J connectivity index is 0.000000399. The Morgan fingerprint density at radius 3 is 0.744 bits per heavy atom. The van der Waals surface area contributed by atoms with Gasteiger partial charge in [0.05, 0.1) is 46.7 Å². The Labute approximate surface area is 852 Å². The number of isothiocyanates is 2. The zero-order valence-electron chi connectivity index (χ0n) is 74.8. The van der Waals surface area contributed by atoms with Crippen molar-refractivity contribution in [2.45, 2.75) is 89.7 Å². The normalized spacial score (nSPS) is 10.2. The van der Waals surface area contributed by atoms with E-state index in [4.69, 9.17) is 38.3 Å². The number of azide groups is 2. The van der Waals surface area contributed by atoms with Crippen LogP contribution < -0.4 is 41.0 Å². The molecule has 0 spiro atoms. The Hall–Kier alpha value is -10.8. The first-order valence-corrected chi connectivity index (χ1v) is 47.0. The fourth-order valence-corrected chi connectivity index (χ4v) is 12.7. The van der Waals surface area contributed by atoms with E-state index in [2.05, 4.69) is 236 Å². The molecular formula is C102H100Br2Cl2N15NaO6S5.